The molecule has 0 fully saturated rings. The zero-order valence-corrected chi connectivity index (χ0v) is 11.4. The zero-order valence-electron chi connectivity index (χ0n) is 11.4. The van der Waals surface area contributed by atoms with E-state index in [4.69, 9.17) is 0 Å². The second-order valence-electron chi connectivity index (χ2n) is 5.84. The molecule has 3 heteroatoms. The van der Waals surface area contributed by atoms with Gasteiger partial charge in [0, 0.05) is 25.6 Å². The van der Waals surface area contributed by atoms with Gasteiger partial charge in [-0.2, -0.15) is 0 Å². The first-order valence-corrected chi connectivity index (χ1v) is 6.78. The number of allylic oxidation sites excluding steroid dienone is 1. The van der Waals surface area contributed by atoms with Crippen molar-refractivity contribution in [1.82, 2.24) is 10.2 Å². The Kier molecular flexibility index (Phi) is 3.75. The highest BCUT2D eigenvalue weighted by atomic mass is 15.3. The maximum Gasteiger partial charge on any atom is 0.193 e. The lowest BCUT2D eigenvalue weighted by atomic mass is 9.78. The van der Waals surface area contributed by atoms with Crippen molar-refractivity contribution in [3.8, 4) is 0 Å². The average molecular weight is 235 g/mol. The summed E-state index contributed by atoms with van der Waals surface area (Å²) in [6.45, 7) is 7.65. The van der Waals surface area contributed by atoms with Crippen LogP contribution in [-0.4, -0.2) is 37.5 Å². The van der Waals surface area contributed by atoms with Crippen molar-refractivity contribution in [2.24, 2.45) is 10.4 Å². The predicted molar refractivity (Wildman–Crippen MR) is 73.3 cm³/mol. The van der Waals surface area contributed by atoms with Crippen molar-refractivity contribution in [3.05, 3.63) is 11.6 Å². The molecule has 0 saturated carbocycles. The fourth-order valence-electron chi connectivity index (χ4n) is 2.59. The van der Waals surface area contributed by atoms with Gasteiger partial charge in [0.25, 0.3) is 0 Å². The Morgan fingerprint density at radius 1 is 1.41 bits per heavy atom. The monoisotopic (exact) mass is 235 g/mol. The number of rotatable bonds is 3. The van der Waals surface area contributed by atoms with E-state index >= 15 is 0 Å². The number of aliphatic imine (C=N–C) groups is 1. The Morgan fingerprint density at radius 2 is 2.24 bits per heavy atom. The molecule has 1 aliphatic heterocycles. The quantitative estimate of drug-likeness (QED) is 0.761. The molecule has 0 spiro atoms. The van der Waals surface area contributed by atoms with Crippen LogP contribution in [0.5, 0.6) is 0 Å². The number of guanidine groups is 1. The van der Waals surface area contributed by atoms with Gasteiger partial charge in [0.1, 0.15) is 0 Å². The smallest absolute Gasteiger partial charge is 0.193 e. The Morgan fingerprint density at radius 3 is 2.82 bits per heavy atom. The van der Waals surface area contributed by atoms with Crippen LogP contribution in [0.25, 0.3) is 0 Å². The summed E-state index contributed by atoms with van der Waals surface area (Å²) in [7, 11) is 2.10. The first-order chi connectivity index (χ1) is 8.09. The first kappa shape index (κ1) is 12.5. The molecule has 2 aliphatic rings. The second kappa shape index (κ2) is 5.11. The SMILES string of the molecule is CN1CCN=C1NCC(C)(C)C1=CCCCC1. The summed E-state index contributed by atoms with van der Waals surface area (Å²) in [5, 5.41) is 3.50. The fraction of sp³-hybridized carbons (Fsp3) is 0.786. The maximum absolute atomic E-state index is 4.48. The van der Waals surface area contributed by atoms with Gasteiger partial charge in [0.2, 0.25) is 0 Å². The van der Waals surface area contributed by atoms with Crippen LogP contribution in [0.2, 0.25) is 0 Å². The molecule has 1 N–H and O–H groups in total. The molecule has 2 rings (SSSR count). The molecule has 3 nitrogen and oxygen atoms in total. The topological polar surface area (TPSA) is 27.6 Å². The van der Waals surface area contributed by atoms with Gasteiger partial charge in [0.05, 0.1) is 6.54 Å². The lowest BCUT2D eigenvalue weighted by molar-refractivity contribution is 0.400. The van der Waals surface area contributed by atoms with Gasteiger partial charge in [-0.1, -0.05) is 25.5 Å². The molecule has 1 heterocycles. The van der Waals surface area contributed by atoms with Crippen LogP contribution in [0.3, 0.4) is 0 Å². The van der Waals surface area contributed by atoms with E-state index in [0.717, 1.165) is 25.6 Å². The fourth-order valence-corrected chi connectivity index (χ4v) is 2.59. The molecule has 0 amide bonds. The summed E-state index contributed by atoms with van der Waals surface area (Å²) >= 11 is 0. The van der Waals surface area contributed by atoms with Crippen molar-refractivity contribution >= 4 is 5.96 Å². The Labute approximate surface area is 105 Å². The Bertz CT molecular complexity index is 328. The van der Waals surface area contributed by atoms with Gasteiger partial charge in [-0.25, -0.2) is 0 Å². The van der Waals surface area contributed by atoms with Gasteiger partial charge >= 0.3 is 0 Å². The molecule has 0 unspecified atom stereocenters. The molecule has 0 radical (unpaired) electrons. The van der Waals surface area contributed by atoms with Crippen LogP contribution >= 0.6 is 0 Å². The molecular weight excluding hydrogens is 210 g/mol. The standard InChI is InChI=1S/C14H25N3/c1-14(2,12-7-5-4-6-8-12)11-16-13-15-9-10-17(13)3/h7H,4-6,8-11H2,1-3H3,(H,15,16). The highest BCUT2D eigenvalue weighted by Crippen LogP contribution is 2.33. The van der Waals surface area contributed by atoms with E-state index in [-0.39, 0.29) is 5.41 Å². The largest absolute Gasteiger partial charge is 0.355 e. The number of hydrogen-bond acceptors (Lipinski definition) is 3. The predicted octanol–water partition coefficient (Wildman–Crippen LogP) is 2.40. The summed E-state index contributed by atoms with van der Waals surface area (Å²) in [6, 6.07) is 0. The number of nitrogens with one attached hydrogen (secondary N) is 1. The Balaban J connectivity index is 1.90. The third kappa shape index (κ3) is 3.02. The van der Waals surface area contributed by atoms with Crippen molar-refractivity contribution in [3.63, 3.8) is 0 Å². The van der Waals surface area contributed by atoms with E-state index in [0.29, 0.717) is 0 Å². The van der Waals surface area contributed by atoms with Crippen LogP contribution < -0.4 is 5.32 Å². The van der Waals surface area contributed by atoms with Gasteiger partial charge in [-0.3, -0.25) is 4.99 Å². The molecular formula is C14H25N3. The van der Waals surface area contributed by atoms with E-state index in [1.807, 2.05) is 0 Å². The van der Waals surface area contributed by atoms with Crippen LogP contribution in [0.1, 0.15) is 39.5 Å². The van der Waals surface area contributed by atoms with Gasteiger partial charge in [-0.15, -0.1) is 0 Å². The third-order valence-corrected chi connectivity index (χ3v) is 3.91. The van der Waals surface area contributed by atoms with E-state index < -0.39 is 0 Å². The van der Waals surface area contributed by atoms with Crippen molar-refractivity contribution in [1.29, 1.82) is 0 Å². The van der Waals surface area contributed by atoms with Crippen molar-refractivity contribution in [2.75, 3.05) is 26.7 Å². The van der Waals surface area contributed by atoms with E-state index in [2.05, 4.69) is 42.2 Å². The average Bonchev–Trinajstić information content (AvgIpc) is 2.74. The minimum Gasteiger partial charge on any atom is -0.355 e. The van der Waals surface area contributed by atoms with Crippen LogP contribution in [0.4, 0.5) is 0 Å². The highest BCUT2D eigenvalue weighted by Gasteiger charge is 2.25. The van der Waals surface area contributed by atoms with Crippen molar-refractivity contribution in [2.45, 2.75) is 39.5 Å². The van der Waals surface area contributed by atoms with E-state index in [9.17, 15) is 0 Å². The van der Waals surface area contributed by atoms with Crippen LogP contribution in [-0.2, 0) is 0 Å². The lowest BCUT2D eigenvalue weighted by Crippen LogP contribution is -2.41. The molecule has 0 bridgehead atoms. The van der Waals surface area contributed by atoms with Gasteiger partial charge < -0.3 is 10.2 Å². The van der Waals surface area contributed by atoms with Gasteiger partial charge in [0.15, 0.2) is 5.96 Å². The summed E-state index contributed by atoms with van der Waals surface area (Å²) in [4.78, 5) is 6.68. The molecule has 0 aromatic carbocycles. The molecule has 0 saturated heterocycles. The summed E-state index contributed by atoms with van der Waals surface area (Å²) in [5.74, 6) is 1.06. The molecule has 96 valence electrons. The van der Waals surface area contributed by atoms with Crippen molar-refractivity contribution < 1.29 is 0 Å². The number of nitrogens with zero attached hydrogens (tertiary/aromatic N) is 2. The minimum absolute atomic E-state index is 0.256. The summed E-state index contributed by atoms with van der Waals surface area (Å²) < 4.78 is 0. The lowest BCUT2D eigenvalue weighted by Gasteiger charge is -2.31. The maximum atomic E-state index is 4.48. The highest BCUT2D eigenvalue weighted by molar-refractivity contribution is 5.81. The molecule has 1 aliphatic carbocycles. The molecule has 0 aromatic heterocycles. The molecule has 0 atom stereocenters. The molecule has 0 aromatic rings. The van der Waals surface area contributed by atoms with E-state index in [1.165, 1.54) is 25.7 Å². The molecule has 17 heavy (non-hydrogen) atoms. The minimum atomic E-state index is 0.256. The number of likely N-dealkylation sites (N-methyl/N-ethyl adjacent to an activating group) is 1. The Hall–Kier alpha value is -0.990. The first-order valence-electron chi connectivity index (χ1n) is 6.78. The zero-order chi connectivity index (χ0) is 12.3. The number of hydrogen-bond donors (Lipinski definition) is 1. The van der Waals surface area contributed by atoms with Gasteiger partial charge in [-0.05, 0) is 25.7 Å². The third-order valence-electron chi connectivity index (χ3n) is 3.91. The van der Waals surface area contributed by atoms with E-state index in [1.54, 1.807) is 5.57 Å². The second-order valence-corrected chi connectivity index (χ2v) is 5.84. The van der Waals surface area contributed by atoms with Crippen LogP contribution in [0.15, 0.2) is 16.6 Å². The van der Waals surface area contributed by atoms with Crippen LogP contribution in [0, 0.1) is 5.41 Å². The normalized spacial score (nSPS) is 21.2. The summed E-state index contributed by atoms with van der Waals surface area (Å²) in [6.07, 6.45) is 7.71. The summed E-state index contributed by atoms with van der Waals surface area (Å²) in [5.41, 5.74) is 1.88.